The zero-order chi connectivity index (χ0) is 20.4. The lowest BCUT2D eigenvalue weighted by Gasteiger charge is -2.18. The van der Waals surface area contributed by atoms with E-state index in [1.807, 2.05) is 0 Å². The quantitative estimate of drug-likeness (QED) is 0.442. The van der Waals surface area contributed by atoms with Gasteiger partial charge in [-0.05, 0) is 56.3 Å². The van der Waals surface area contributed by atoms with E-state index in [0.717, 1.165) is 0 Å². The summed E-state index contributed by atoms with van der Waals surface area (Å²) in [5, 5.41) is 1.29. The second-order valence-corrected chi connectivity index (χ2v) is 7.24. The van der Waals surface area contributed by atoms with Gasteiger partial charge in [-0.1, -0.05) is 40.9 Å². The third-order valence-electron chi connectivity index (χ3n) is 4.25. The van der Waals surface area contributed by atoms with Crippen molar-refractivity contribution in [2.75, 3.05) is 11.5 Å². The number of anilines is 1. The first-order valence-corrected chi connectivity index (χ1v) is 9.62. The van der Waals surface area contributed by atoms with E-state index >= 15 is 0 Å². The van der Waals surface area contributed by atoms with Crippen molar-refractivity contribution in [2.45, 2.75) is 13.8 Å². The smallest absolute Gasteiger partial charge is 0.340 e. The highest BCUT2D eigenvalue weighted by Gasteiger charge is 2.38. The van der Waals surface area contributed by atoms with Crippen molar-refractivity contribution in [3.05, 3.63) is 79.9 Å². The Balaban J connectivity index is 2.18. The molecule has 0 N–H and O–H groups in total. The topological polar surface area (TPSA) is 46.6 Å². The van der Waals surface area contributed by atoms with Gasteiger partial charge in [-0.2, -0.15) is 0 Å². The first-order chi connectivity index (χ1) is 13.3. The number of esters is 1. The van der Waals surface area contributed by atoms with Gasteiger partial charge in [0.1, 0.15) is 0 Å². The minimum atomic E-state index is -0.584. The number of hydrogen-bond acceptors (Lipinski definition) is 3. The van der Waals surface area contributed by atoms with Crippen molar-refractivity contribution >= 4 is 58.4 Å². The lowest BCUT2D eigenvalue weighted by Crippen LogP contribution is -2.24. The van der Waals surface area contributed by atoms with Crippen molar-refractivity contribution < 1.29 is 14.3 Å². The summed E-state index contributed by atoms with van der Waals surface area (Å²) < 4.78 is 5.17. The summed E-state index contributed by atoms with van der Waals surface area (Å²) in [4.78, 5) is 27.3. The third-order valence-corrected chi connectivity index (χ3v) is 5.16. The highest BCUT2D eigenvalue weighted by atomic mass is 35.5. The van der Waals surface area contributed by atoms with Crippen LogP contribution in [-0.4, -0.2) is 18.5 Å². The second-order valence-electron chi connectivity index (χ2n) is 5.99. The van der Waals surface area contributed by atoms with Crippen LogP contribution in [0.4, 0.5) is 5.69 Å². The van der Waals surface area contributed by atoms with E-state index in [1.165, 1.54) is 11.0 Å². The van der Waals surface area contributed by atoms with Crippen LogP contribution in [0.15, 0.2) is 59.3 Å². The van der Waals surface area contributed by atoms with Crippen molar-refractivity contribution in [3.63, 3.8) is 0 Å². The number of ether oxygens (including phenoxy) is 1. The molecule has 4 nitrogen and oxygen atoms in total. The van der Waals surface area contributed by atoms with E-state index in [-0.39, 0.29) is 23.7 Å². The molecule has 28 heavy (non-hydrogen) atoms. The van der Waals surface area contributed by atoms with Gasteiger partial charge in [0.05, 0.1) is 17.8 Å². The third kappa shape index (κ3) is 3.81. The van der Waals surface area contributed by atoms with Gasteiger partial charge in [0.2, 0.25) is 0 Å². The largest absolute Gasteiger partial charge is 0.462 e. The molecule has 1 heterocycles. The number of benzene rings is 2. The number of carbonyl (C=O) groups is 2. The summed E-state index contributed by atoms with van der Waals surface area (Å²) >= 11 is 18.5. The molecule has 0 fully saturated rings. The van der Waals surface area contributed by atoms with Crippen LogP contribution in [0.2, 0.25) is 15.1 Å². The van der Waals surface area contributed by atoms with Gasteiger partial charge < -0.3 is 4.74 Å². The van der Waals surface area contributed by atoms with Gasteiger partial charge in [-0.15, -0.1) is 0 Å². The Labute approximate surface area is 177 Å². The van der Waals surface area contributed by atoms with Gasteiger partial charge in [0.15, 0.2) is 0 Å². The van der Waals surface area contributed by atoms with Crippen molar-refractivity contribution in [1.29, 1.82) is 0 Å². The zero-order valence-corrected chi connectivity index (χ0v) is 17.4. The summed E-state index contributed by atoms with van der Waals surface area (Å²) in [5.74, 6) is -0.960. The van der Waals surface area contributed by atoms with Crippen molar-refractivity contribution in [2.24, 2.45) is 0 Å². The van der Waals surface area contributed by atoms with Gasteiger partial charge in [0, 0.05) is 32.0 Å². The molecule has 7 heteroatoms. The highest BCUT2D eigenvalue weighted by Crippen LogP contribution is 2.37. The number of carbonyl (C=O) groups excluding carboxylic acids is 2. The Morgan fingerprint density at radius 2 is 1.68 bits per heavy atom. The molecular weight excluding hydrogens is 421 g/mol. The van der Waals surface area contributed by atoms with E-state index < -0.39 is 5.97 Å². The average Bonchev–Trinajstić information content (AvgIpc) is 2.89. The predicted octanol–water partition coefficient (Wildman–Crippen LogP) is 5.91. The Hall–Kier alpha value is -2.27. The number of hydrogen-bond donors (Lipinski definition) is 0. The van der Waals surface area contributed by atoms with Crippen LogP contribution in [0.25, 0.3) is 6.08 Å². The average molecular weight is 437 g/mol. The van der Waals surface area contributed by atoms with Crippen LogP contribution in [0.3, 0.4) is 0 Å². The summed E-state index contributed by atoms with van der Waals surface area (Å²) in [6, 6.07) is 11.8. The Kier molecular flexibility index (Phi) is 6.14. The Bertz CT molecular complexity index is 990. The maximum Gasteiger partial charge on any atom is 0.340 e. The molecule has 0 unspecified atom stereocenters. The normalized spacial score (nSPS) is 15.5. The van der Waals surface area contributed by atoms with Gasteiger partial charge in [-0.25, -0.2) is 4.79 Å². The van der Waals surface area contributed by atoms with Gasteiger partial charge in [-0.3, -0.25) is 9.69 Å². The van der Waals surface area contributed by atoms with Crippen molar-refractivity contribution in [1.82, 2.24) is 0 Å². The molecule has 3 rings (SSSR count). The SMILES string of the molecule is CCOC(=O)C1=C(C)N(c2ccc(Cl)cc2)C(=O)/C1=C\c1c(Cl)cccc1Cl. The molecule has 0 saturated heterocycles. The molecule has 0 aromatic heterocycles. The number of halogens is 3. The number of nitrogens with zero attached hydrogens (tertiary/aromatic N) is 1. The number of rotatable bonds is 4. The van der Waals surface area contributed by atoms with E-state index in [9.17, 15) is 9.59 Å². The van der Waals surface area contributed by atoms with Gasteiger partial charge in [0.25, 0.3) is 5.91 Å². The van der Waals surface area contributed by atoms with Crippen LogP contribution in [0, 0.1) is 0 Å². The summed E-state index contributed by atoms with van der Waals surface area (Å²) in [6.07, 6.45) is 1.53. The monoisotopic (exact) mass is 435 g/mol. The van der Waals surface area contributed by atoms with E-state index in [0.29, 0.717) is 32.0 Å². The maximum absolute atomic E-state index is 13.2. The molecule has 2 aromatic rings. The molecule has 0 saturated carbocycles. The van der Waals surface area contributed by atoms with E-state index in [4.69, 9.17) is 39.5 Å². The number of amides is 1. The molecule has 1 amide bonds. The molecule has 0 spiro atoms. The minimum absolute atomic E-state index is 0.168. The highest BCUT2D eigenvalue weighted by molar-refractivity contribution is 6.37. The van der Waals surface area contributed by atoms with Crippen LogP contribution < -0.4 is 4.90 Å². The number of allylic oxidation sites excluding steroid dienone is 1. The lowest BCUT2D eigenvalue weighted by atomic mass is 10.0. The predicted molar refractivity (Wildman–Crippen MR) is 113 cm³/mol. The van der Waals surface area contributed by atoms with Crippen LogP contribution >= 0.6 is 34.8 Å². The molecule has 144 valence electrons. The maximum atomic E-state index is 13.2. The van der Waals surface area contributed by atoms with Gasteiger partial charge >= 0.3 is 5.97 Å². The minimum Gasteiger partial charge on any atom is -0.462 e. The summed E-state index contributed by atoms with van der Waals surface area (Å²) in [7, 11) is 0. The fraction of sp³-hybridized carbons (Fsp3) is 0.143. The first kappa shape index (κ1) is 20.5. The Morgan fingerprint density at radius 1 is 1.07 bits per heavy atom. The van der Waals surface area contributed by atoms with Crippen molar-refractivity contribution in [3.8, 4) is 0 Å². The molecule has 0 atom stereocenters. The standard InChI is InChI=1S/C21H16Cl3NO3/c1-3-28-21(27)19-12(2)25(14-9-7-13(22)8-10-14)20(26)16(19)11-15-17(23)5-4-6-18(15)24/h4-11H,3H2,1-2H3/b16-11-. The van der Waals surface area contributed by atoms with Crippen LogP contribution in [0.5, 0.6) is 0 Å². The fourth-order valence-electron chi connectivity index (χ4n) is 2.98. The van der Waals surface area contributed by atoms with Crippen LogP contribution in [0.1, 0.15) is 19.4 Å². The van der Waals surface area contributed by atoms with E-state index in [2.05, 4.69) is 0 Å². The van der Waals surface area contributed by atoms with Crippen LogP contribution in [-0.2, 0) is 14.3 Å². The summed E-state index contributed by atoms with van der Waals surface area (Å²) in [5.41, 5.74) is 1.85. The zero-order valence-electron chi connectivity index (χ0n) is 15.1. The lowest BCUT2D eigenvalue weighted by molar-refractivity contribution is -0.138. The molecule has 0 aliphatic carbocycles. The molecule has 1 aliphatic heterocycles. The summed E-state index contributed by atoms with van der Waals surface area (Å²) in [6.45, 7) is 3.58. The molecular formula is C21H16Cl3NO3. The Morgan fingerprint density at radius 3 is 2.25 bits per heavy atom. The molecule has 0 radical (unpaired) electrons. The fourth-order valence-corrected chi connectivity index (χ4v) is 3.61. The first-order valence-electron chi connectivity index (χ1n) is 8.49. The second kappa shape index (κ2) is 8.39. The molecule has 2 aromatic carbocycles. The molecule has 0 bridgehead atoms. The van der Waals surface area contributed by atoms with E-state index in [1.54, 1.807) is 56.3 Å². The molecule has 1 aliphatic rings.